The molecular formula is C64H123NO5. The lowest BCUT2D eigenvalue weighted by atomic mass is 10.0. The average Bonchev–Trinajstić information content (AvgIpc) is 3.36. The van der Waals surface area contributed by atoms with Gasteiger partial charge in [0.1, 0.15) is 0 Å². The highest BCUT2D eigenvalue weighted by Gasteiger charge is 2.20. The first-order valence-corrected chi connectivity index (χ1v) is 31.6. The molecule has 0 aromatic rings. The summed E-state index contributed by atoms with van der Waals surface area (Å²) >= 11 is 0. The Kier molecular flexibility index (Phi) is 58.5. The van der Waals surface area contributed by atoms with Crippen molar-refractivity contribution >= 4 is 11.9 Å². The molecule has 1 amide bonds. The van der Waals surface area contributed by atoms with E-state index in [1.165, 1.54) is 270 Å². The van der Waals surface area contributed by atoms with Crippen LogP contribution in [-0.4, -0.2) is 47.4 Å². The third-order valence-corrected chi connectivity index (χ3v) is 14.8. The minimum Gasteiger partial charge on any atom is -0.466 e. The Morgan fingerprint density at radius 3 is 1.09 bits per heavy atom. The van der Waals surface area contributed by atoms with Gasteiger partial charge in [0.25, 0.3) is 0 Å². The van der Waals surface area contributed by atoms with Crippen LogP contribution in [-0.2, 0) is 14.3 Å². The van der Waals surface area contributed by atoms with E-state index in [2.05, 4.69) is 43.5 Å². The monoisotopic (exact) mass is 986 g/mol. The molecule has 0 bridgehead atoms. The number of allylic oxidation sites excluding steroid dienone is 4. The predicted molar refractivity (Wildman–Crippen MR) is 306 cm³/mol. The summed E-state index contributed by atoms with van der Waals surface area (Å²) in [5.41, 5.74) is 0. The van der Waals surface area contributed by atoms with Gasteiger partial charge < -0.3 is 20.3 Å². The Labute approximate surface area is 437 Å². The molecule has 0 saturated carbocycles. The number of aliphatic hydroxyl groups excluding tert-OH is 2. The summed E-state index contributed by atoms with van der Waals surface area (Å²) in [7, 11) is 0. The van der Waals surface area contributed by atoms with Crippen LogP contribution in [0.25, 0.3) is 0 Å². The summed E-state index contributed by atoms with van der Waals surface area (Å²) in [6, 6.07) is -0.544. The van der Waals surface area contributed by atoms with Gasteiger partial charge in [-0.1, -0.05) is 301 Å². The van der Waals surface area contributed by atoms with Gasteiger partial charge in [0.15, 0.2) is 0 Å². The van der Waals surface area contributed by atoms with E-state index in [1.54, 1.807) is 0 Å². The fourth-order valence-corrected chi connectivity index (χ4v) is 9.91. The molecule has 0 aliphatic carbocycles. The largest absolute Gasteiger partial charge is 0.466 e. The highest BCUT2D eigenvalue weighted by atomic mass is 16.5. The van der Waals surface area contributed by atoms with Crippen molar-refractivity contribution in [3.63, 3.8) is 0 Å². The Morgan fingerprint density at radius 2 is 0.714 bits per heavy atom. The van der Waals surface area contributed by atoms with Crippen LogP contribution in [0.3, 0.4) is 0 Å². The molecule has 0 saturated heterocycles. The number of amides is 1. The summed E-state index contributed by atoms with van der Waals surface area (Å²) in [5.74, 6) is -0.0282. The molecule has 6 nitrogen and oxygen atoms in total. The minimum atomic E-state index is -0.666. The van der Waals surface area contributed by atoms with E-state index < -0.39 is 12.1 Å². The lowest BCUT2D eigenvalue weighted by molar-refractivity contribution is -0.143. The van der Waals surface area contributed by atoms with Crippen LogP contribution in [0, 0.1) is 0 Å². The second kappa shape index (κ2) is 59.9. The first kappa shape index (κ1) is 68.3. The van der Waals surface area contributed by atoms with E-state index in [-0.39, 0.29) is 18.5 Å². The van der Waals surface area contributed by atoms with E-state index in [1.807, 2.05) is 0 Å². The van der Waals surface area contributed by atoms with Crippen molar-refractivity contribution in [3.8, 4) is 0 Å². The second-order valence-corrected chi connectivity index (χ2v) is 21.7. The number of aliphatic hydroxyl groups is 2. The number of carbonyl (C=O) groups excluding carboxylic acids is 2. The Morgan fingerprint density at radius 1 is 0.400 bits per heavy atom. The van der Waals surface area contributed by atoms with Crippen LogP contribution < -0.4 is 5.32 Å². The molecule has 0 radical (unpaired) electrons. The Hall–Kier alpha value is -1.66. The maximum Gasteiger partial charge on any atom is 0.305 e. The molecule has 0 aliphatic rings. The van der Waals surface area contributed by atoms with Crippen LogP contribution in [0.15, 0.2) is 24.3 Å². The molecule has 0 aliphatic heterocycles. The lowest BCUT2D eigenvalue weighted by Gasteiger charge is -2.22. The van der Waals surface area contributed by atoms with Gasteiger partial charge in [-0.3, -0.25) is 9.59 Å². The van der Waals surface area contributed by atoms with Gasteiger partial charge in [-0.25, -0.2) is 0 Å². The number of carbonyl (C=O) groups is 2. The standard InChI is InChI=1S/C64H123NO5/c1-3-5-7-9-11-13-15-16-17-18-29-32-35-38-42-46-50-54-58-64(69)70-59-55-51-47-43-39-36-33-30-27-25-23-21-19-20-22-24-26-28-31-34-37-41-45-49-53-57-63(68)65-61(60-66)62(67)56-52-48-44-40-14-12-10-8-6-4-2/h20-23,61-62,66-67H,3-19,24-60H2,1-2H3,(H,65,68)/b22-20-,23-21-. The van der Waals surface area contributed by atoms with Crippen LogP contribution >= 0.6 is 0 Å². The summed E-state index contributed by atoms with van der Waals surface area (Å²) in [6.07, 6.45) is 73.5. The van der Waals surface area contributed by atoms with Crippen molar-refractivity contribution in [1.29, 1.82) is 0 Å². The van der Waals surface area contributed by atoms with Crippen molar-refractivity contribution in [1.82, 2.24) is 5.32 Å². The molecule has 0 rings (SSSR count). The van der Waals surface area contributed by atoms with Gasteiger partial charge in [0.2, 0.25) is 5.91 Å². The smallest absolute Gasteiger partial charge is 0.305 e. The van der Waals surface area contributed by atoms with E-state index in [9.17, 15) is 19.8 Å². The fraction of sp³-hybridized carbons (Fsp3) is 0.906. The molecule has 70 heavy (non-hydrogen) atoms. The summed E-state index contributed by atoms with van der Waals surface area (Å²) in [4.78, 5) is 24.5. The topological polar surface area (TPSA) is 95.9 Å². The molecule has 6 heteroatoms. The predicted octanol–water partition coefficient (Wildman–Crippen LogP) is 19.8. The van der Waals surface area contributed by atoms with Crippen molar-refractivity contribution in [2.45, 2.75) is 360 Å². The highest BCUT2D eigenvalue weighted by Crippen LogP contribution is 2.18. The van der Waals surface area contributed by atoms with Crippen molar-refractivity contribution in [2.24, 2.45) is 0 Å². The van der Waals surface area contributed by atoms with Crippen LogP contribution in [0.1, 0.15) is 348 Å². The van der Waals surface area contributed by atoms with Gasteiger partial charge in [-0.05, 0) is 57.8 Å². The molecule has 0 heterocycles. The summed E-state index contributed by atoms with van der Waals surface area (Å²) in [5, 5.41) is 23.1. The Balaban J connectivity index is 3.38. The molecular weight excluding hydrogens is 863 g/mol. The van der Waals surface area contributed by atoms with Gasteiger partial charge >= 0.3 is 5.97 Å². The molecule has 2 unspecified atom stereocenters. The molecule has 0 spiro atoms. The molecule has 0 fully saturated rings. The number of unbranched alkanes of at least 4 members (excludes halogenated alkanes) is 44. The number of ether oxygens (including phenoxy) is 1. The number of hydrogen-bond donors (Lipinski definition) is 3. The molecule has 2 atom stereocenters. The Bertz CT molecular complexity index is 1090. The number of nitrogens with one attached hydrogen (secondary N) is 1. The molecule has 0 aromatic carbocycles. The van der Waals surface area contributed by atoms with Gasteiger partial charge in [0.05, 0.1) is 25.4 Å². The van der Waals surface area contributed by atoms with Crippen molar-refractivity contribution in [3.05, 3.63) is 24.3 Å². The first-order valence-electron chi connectivity index (χ1n) is 31.6. The summed E-state index contributed by atoms with van der Waals surface area (Å²) < 4.78 is 5.50. The first-order chi connectivity index (χ1) is 34.5. The van der Waals surface area contributed by atoms with E-state index in [4.69, 9.17) is 4.74 Å². The molecule has 3 N–H and O–H groups in total. The minimum absolute atomic E-state index is 0.0137. The zero-order chi connectivity index (χ0) is 50.7. The van der Waals surface area contributed by atoms with Crippen LogP contribution in [0.4, 0.5) is 0 Å². The van der Waals surface area contributed by atoms with Crippen LogP contribution in [0.5, 0.6) is 0 Å². The van der Waals surface area contributed by atoms with E-state index in [0.717, 1.165) is 44.9 Å². The van der Waals surface area contributed by atoms with Crippen LogP contribution in [0.2, 0.25) is 0 Å². The number of hydrogen-bond acceptors (Lipinski definition) is 5. The highest BCUT2D eigenvalue weighted by molar-refractivity contribution is 5.76. The average molecular weight is 987 g/mol. The van der Waals surface area contributed by atoms with Crippen molar-refractivity contribution < 1.29 is 24.5 Å². The zero-order valence-corrected chi connectivity index (χ0v) is 47.3. The third-order valence-electron chi connectivity index (χ3n) is 14.8. The summed E-state index contributed by atoms with van der Waals surface area (Å²) in [6.45, 7) is 4.95. The number of rotatable bonds is 59. The molecule has 0 aromatic heterocycles. The van der Waals surface area contributed by atoms with E-state index >= 15 is 0 Å². The van der Waals surface area contributed by atoms with Crippen molar-refractivity contribution in [2.75, 3.05) is 13.2 Å². The normalized spacial score (nSPS) is 12.7. The van der Waals surface area contributed by atoms with Gasteiger partial charge in [-0.15, -0.1) is 0 Å². The molecule has 414 valence electrons. The van der Waals surface area contributed by atoms with Gasteiger partial charge in [0, 0.05) is 12.8 Å². The maximum absolute atomic E-state index is 12.4. The SMILES string of the molecule is CCCCCCCCCCCCCCCCCCCCC(=O)OCCCCCCCCCCC/C=C\C/C=C\CCCCCCCCCCCC(=O)NC(CO)C(O)CCCCCCCCCCCC. The van der Waals surface area contributed by atoms with Gasteiger partial charge in [-0.2, -0.15) is 0 Å². The fourth-order valence-electron chi connectivity index (χ4n) is 9.91. The van der Waals surface area contributed by atoms with E-state index in [0.29, 0.717) is 25.9 Å². The third kappa shape index (κ3) is 55.7. The quantitative estimate of drug-likeness (QED) is 0.0321. The second-order valence-electron chi connectivity index (χ2n) is 21.7. The zero-order valence-electron chi connectivity index (χ0n) is 47.3. The maximum atomic E-state index is 12.4. The lowest BCUT2D eigenvalue weighted by Crippen LogP contribution is -2.45. The number of esters is 1.